The number of hydrogen-bond acceptors (Lipinski definition) is 3. The van der Waals surface area contributed by atoms with E-state index in [1.54, 1.807) is 0 Å². The Labute approximate surface area is 150 Å². The summed E-state index contributed by atoms with van der Waals surface area (Å²) in [6.45, 7) is 3.04. The first-order chi connectivity index (χ1) is 12.3. The number of hydrogen-bond donors (Lipinski definition) is 1. The molecular formula is C21H29N3O. The van der Waals surface area contributed by atoms with Crippen LogP contribution in [0.15, 0.2) is 36.5 Å². The quantitative estimate of drug-likeness (QED) is 0.909. The van der Waals surface area contributed by atoms with Gasteiger partial charge in [0.1, 0.15) is 0 Å². The van der Waals surface area contributed by atoms with Crippen LogP contribution in [0.4, 0.5) is 11.4 Å². The van der Waals surface area contributed by atoms with Crippen LogP contribution in [0.3, 0.4) is 0 Å². The first-order valence-electron chi connectivity index (χ1n) is 9.88. The number of rotatable bonds is 4. The van der Waals surface area contributed by atoms with Gasteiger partial charge in [0.15, 0.2) is 0 Å². The maximum absolute atomic E-state index is 12.4. The van der Waals surface area contributed by atoms with Crippen molar-refractivity contribution >= 4 is 17.3 Å². The fourth-order valence-electron chi connectivity index (χ4n) is 4.35. The van der Waals surface area contributed by atoms with Crippen LogP contribution in [0.5, 0.6) is 0 Å². The highest BCUT2D eigenvalue weighted by Crippen LogP contribution is 2.27. The smallest absolute Gasteiger partial charge is 0.223 e. The van der Waals surface area contributed by atoms with Gasteiger partial charge < -0.3 is 15.1 Å². The van der Waals surface area contributed by atoms with Crippen molar-refractivity contribution in [2.45, 2.75) is 51.0 Å². The zero-order valence-electron chi connectivity index (χ0n) is 15.0. The standard InChI is InChI=1S/C21H29N3O/c25-21(22-18-5-1-2-6-18)17-11-15-24(16-12-17)20-9-7-19(8-10-20)23-13-3-4-14-23/h3,7-10,13,17-18H,1-2,4-6,11-12,14-16H2,(H,22,25). The lowest BCUT2D eigenvalue weighted by Crippen LogP contribution is -2.43. The molecule has 0 aromatic heterocycles. The summed E-state index contributed by atoms with van der Waals surface area (Å²) < 4.78 is 0. The van der Waals surface area contributed by atoms with Gasteiger partial charge in [-0.1, -0.05) is 18.9 Å². The van der Waals surface area contributed by atoms with Crippen molar-refractivity contribution in [2.24, 2.45) is 5.92 Å². The van der Waals surface area contributed by atoms with E-state index in [-0.39, 0.29) is 5.92 Å². The Morgan fingerprint density at radius 1 is 0.920 bits per heavy atom. The zero-order chi connectivity index (χ0) is 17.1. The highest BCUT2D eigenvalue weighted by Gasteiger charge is 2.27. The molecule has 1 saturated heterocycles. The van der Waals surface area contributed by atoms with Gasteiger partial charge in [-0.2, -0.15) is 0 Å². The lowest BCUT2D eigenvalue weighted by atomic mass is 9.95. The van der Waals surface area contributed by atoms with Gasteiger partial charge in [0.05, 0.1) is 0 Å². The van der Waals surface area contributed by atoms with Crippen LogP contribution in [-0.4, -0.2) is 31.6 Å². The van der Waals surface area contributed by atoms with Crippen molar-refractivity contribution in [3.63, 3.8) is 0 Å². The predicted octanol–water partition coefficient (Wildman–Crippen LogP) is 3.69. The summed E-state index contributed by atoms with van der Waals surface area (Å²) >= 11 is 0. The van der Waals surface area contributed by atoms with Gasteiger partial charge in [-0.05, 0) is 56.4 Å². The number of nitrogens with zero attached hydrogens (tertiary/aromatic N) is 2. The monoisotopic (exact) mass is 339 g/mol. The zero-order valence-corrected chi connectivity index (χ0v) is 15.0. The van der Waals surface area contributed by atoms with E-state index in [1.165, 1.54) is 37.1 Å². The minimum Gasteiger partial charge on any atom is -0.371 e. The third kappa shape index (κ3) is 3.83. The number of nitrogens with one attached hydrogen (secondary N) is 1. The van der Waals surface area contributed by atoms with E-state index in [1.807, 2.05) is 0 Å². The van der Waals surface area contributed by atoms with E-state index in [0.29, 0.717) is 11.9 Å². The molecule has 0 unspecified atom stereocenters. The molecule has 4 heteroatoms. The van der Waals surface area contributed by atoms with E-state index in [4.69, 9.17) is 0 Å². The third-order valence-corrected chi connectivity index (χ3v) is 5.94. The van der Waals surface area contributed by atoms with Gasteiger partial charge >= 0.3 is 0 Å². The number of benzene rings is 1. The molecule has 2 heterocycles. The normalized spacial score (nSPS) is 21.9. The van der Waals surface area contributed by atoms with Crippen molar-refractivity contribution in [1.82, 2.24) is 5.32 Å². The van der Waals surface area contributed by atoms with E-state index < -0.39 is 0 Å². The molecule has 1 amide bonds. The molecule has 0 spiro atoms. The van der Waals surface area contributed by atoms with Crippen LogP contribution >= 0.6 is 0 Å². The van der Waals surface area contributed by atoms with Gasteiger partial charge in [-0.3, -0.25) is 4.79 Å². The maximum atomic E-state index is 12.4. The van der Waals surface area contributed by atoms with Gasteiger partial charge in [-0.15, -0.1) is 0 Å². The van der Waals surface area contributed by atoms with Crippen LogP contribution in [0.1, 0.15) is 44.9 Å². The molecule has 1 aromatic carbocycles. The number of piperidine rings is 1. The second-order valence-electron chi connectivity index (χ2n) is 7.63. The molecule has 134 valence electrons. The molecule has 1 saturated carbocycles. The highest BCUT2D eigenvalue weighted by molar-refractivity contribution is 5.79. The van der Waals surface area contributed by atoms with E-state index >= 15 is 0 Å². The van der Waals surface area contributed by atoms with Crippen molar-refractivity contribution < 1.29 is 4.79 Å². The SMILES string of the molecule is O=C(NC1CCCC1)C1CCN(c2ccc(N3C=CCC3)cc2)CC1. The Bertz CT molecular complexity index is 611. The third-order valence-electron chi connectivity index (χ3n) is 5.94. The molecule has 2 fully saturated rings. The van der Waals surface area contributed by atoms with Crippen LogP contribution < -0.4 is 15.1 Å². The molecule has 1 aromatic rings. The average Bonchev–Trinajstić information content (AvgIpc) is 3.36. The minimum absolute atomic E-state index is 0.200. The number of carbonyl (C=O) groups is 1. The first-order valence-corrected chi connectivity index (χ1v) is 9.88. The molecule has 0 atom stereocenters. The Hall–Kier alpha value is -1.97. The van der Waals surface area contributed by atoms with E-state index in [0.717, 1.165) is 38.9 Å². The molecule has 1 N–H and O–H groups in total. The van der Waals surface area contributed by atoms with E-state index in [2.05, 4.69) is 51.7 Å². The number of anilines is 2. The molecule has 25 heavy (non-hydrogen) atoms. The lowest BCUT2D eigenvalue weighted by Gasteiger charge is -2.33. The summed E-state index contributed by atoms with van der Waals surface area (Å²) in [7, 11) is 0. The summed E-state index contributed by atoms with van der Waals surface area (Å²) in [5.41, 5.74) is 2.55. The lowest BCUT2D eigenvalue weighted by molar-refractivity contribution is -0.126. The van der Waals surface area contributed by atoms with Gasteiger partial charge in [-0.25, -0.2) is 0 Å². The predicted molar refractivity (Wildman–Crippen MR) is 103 cm³/mol. The Kier molecular flexibility index (Phi) is 4.95. The molecule has 0 radical (unpaired) electrons. The summed E-state index contributed by atoms with van der Waals surface area (Å²) in [5.74, 6) is 0.494. The molecular weight excluding hydrogens is 310 g/mol. The summed E-state index contributed by atoms with van der Waals surface area (Å²) in [4.78, 5) is 17.2. The second-order valence-corrected chi connectivity index (χ2v) is 7.63. The molecule has 0 bridgehead atoms. The topological polar surface area (TPSA) is 35.6 Å². The van der Waals surface area contributed by atoms with Crippen molar-refractivity contribution in [2.75, 3.05) is 29.4 Å². The Morgan fingerprint density at radius 2 is 1.60 bits per heavy atom. The van der Waals surface area contributed by atoms with E-state index in [9.17, 15) is 4.79 Å². The number of carbonyl (C=O) groups excluding carboxylic acids is 1. The van der Waals surface area contributed by atoms with Crippen LogP contribution in [0.2, 0.25) is 0 Å². The summed E-state index contributed by atoms with van der Waals surface area (Å²) in [6.07, 6.45) is 12.3. The van der Waals surface area contributed by atoms with Crippen LogP contribution in [-0.2, 0) is 4.79 Å². The van der Waals surface area contributed by atoms with Gasteiger partial charge in [0.25, 0.3) is 0 Å². The molecule has 4 nitrogen and oxygen atoms in total. The van der Waals surface area contributed by atoms with Crippen molar-refractivity contribution in [3.8, 4) is 0 Å². The Morgan fingerprint density at radius 3 is 2.24 bits per heavy atom. The fraction of sp³-hybridized carbons (Fsp3) is 0.571. The van der Waals surface area contributed by atoms with Gasteiger partial charge in [0, 0.05) is 49.2 Å². The van der Waals surface area contributed by atoms with Crippen molar-refractivity contribution in [3.05, 3.63) is 36.5 Å². The van der Waals surface area contributed by atoms with Crippen molar-refractivity contribution in [1.29, 1.82) is 0 Å². The molecule has 1 aliphatic carbocycles. The molecule has 3 aliphatic rings. The Balaban J connectivity index is 1.29. The number of amides is 1. The van der Waals surface area contributed by atoms with Crippen LogP contribution in [0, 0.1) is 5.92 Å². The average molecular weight is 339 g/mol. The molecule has 2 aliphatic heterocycles. The summed E-state index contributed by atoms with van der Waals surface area (Å²) in [6, 6.07) is 9.31. The highest BCUT2D eigenvalue weighted by atomic mass is 16.1. The van der Waals surface area contributed by atoms with Crippen LogP contribution in [0.25, 0.3) is 0 Å². The summed E-state index contributed by atoms with van der Waals surface area (Å²) in [5, 5.41) is 3.27. The molecule has 4 rings (SSSR count). The maximum Gasteiger partial charge on any atom is 0.223 e. The second kappa shape index (κ2) is 7.51. The largest absolute Gasteiger partial charge is 0.371 e. The van der Waals surface area contributed by atoms with Gasteiger partial charge in [0.2, 0.25) is 5.91 Å². The fourth-order valence-corrected chi connectivity index (χ4v) is 4.35. The first kappa shape index (κ1) is 16.5. The minimum atomic E-state index is 0.200.